The van der Waals surface area contributed by atoms with E-state index in [1.54, 1.807) is 29.3 Å². The Morgan fingerprint density at radius 1 is 1.16 bits per heavy atom. The molecule has 5 rings (SSSR count). The van der Waals surface area contributed by atoms with E-state index in [0.717, 1.165) is 5.39 Å². The van der Waals surface area contributed by atoms with Crippen LogP contribution in [0.5, 0.6) is 0 Å². The van der Waals surface area contributed by atoms with Crippen molar-refractivity contribution in [2.75, 3.05) is 18.0 Å². The smallest absolute Gasteiger partial charge is 0.254 e. The van der Waals surface area contributed by atoms with Gasteiger partial charge in [-0.25, -0.2) is 9.07 Å². The third-order valence-electron chi connectivity index (χ3n) is 6.21. The van der Waals surface area contributed by atoms with Gasteiger partial charge in [-0.3, -0.25) is 9.59 Å². The predicted octanol–water partition coefficient (Wildman–Crippen LogP) is 2.50. The number of anilines is 1. The zero-order valence-electron chi connectivity index (χ0n) is 17.3. The minimum Gasteiger partial charge on any atom is -0.381 e. The Morgan fingerprint density at radius 3 is 2.65 bits per heavy atom. The van der Waals surface area contributed by atoms with Gasteiger partial charge in [-0.05, 0) is 44.5 Å². The van der Waals surface area contributed by atoms with Crippen molar-refractivity contribution in [1.29, 1.82) is 0 Å². The van der Waals surface area contributed by atoms with Crippen LogP contribution >= 0.6 is 0 Å². The molecule has 2 amide bonds. The van der Waals surface area contributed by atoms with Crippen molar-refractivity contribution in [3.8, 4) is 5.69 Å². The summed E-state index contributed by atoms with van der Waals surface area (Å²) in [4.78, 5) is 29.2. The summed E-state index contributed by atoms with van der Waals surface area (Å²) in [5.41, 5.74) is 0.192. The number of fused-ring (bicyclic) bond motifs is 2. The fourth-order valence-electron chi connectivity index (χ4n) is 4.75. The predicted molar refractivity (Wildman–Crippen MR) is 113 cm³/mol. The van der Waals surface area contributed by atoms with E-state index < -0.39 is 17.6 Å². The van der Waals surface area contributed by atoms with Crippen molar-refractivity contribution >= 4 is 28.4 Å². The van der Waals surface area contributed by atoms with Gasteiger partial charge in [0.2, 0.25) is 5.91 Å². The van der Waals surface area contributed by atoms with Crippen molar-refractivity contribution in [2.24, 2.45) is 5.92 Å². The van der Waals surface area contributed by atoms with Gasteiger partial charge in [0.1, 0.15) is 23.1 Å². The number of nitrogens with zero attached hydrogens (tertiary/aromatic N) is 4. The summed E-state index contributed by atoms with van der Waals surface area (Å²) in [6.45, 7) is 3.84. The summed E-state index contributed by atoms with van der Waals surface area (Å²) in [6.07, 6.45) is 2.34. The van der Waals surface area contributed by atoms with Gasteiger partial charge in [0.05, 0.1) is 17.4 Å². The summed E-state index contributed by atoms with van der Waals surface area (Å²) in [6, 6.07) is 11.3. The molecule has 0 bridgehead atoms. The second-order valence-electron chi connectivity index (χ2n) is 8.72. The maximum Gasteiger partial charge on any atom is 0.254 e. The van der Waals surface area contributed by atoms with Crippen LogP contribution in [0.4, 0.5) is 10.1 Å². The maximum absolute atomic E-state index is 14.3. The number of amides is 2. The molecule has 0 unspecified atom stereocenters. The van der Waals surface area contributed by atoms with Crippen LogP contribution in [0.1, 0.15) is 20.3 Å². The molecule has 1 N–H and O–H groups in total. The molecule has 31 heavy (non-hydrogen) atoms. The zero-order valence-corrected chi connectivity index (χ0v) is 17.3. The van der Waals surface area contributed by atoms with E-state index in [1.165, 1.54) is 29.5 Å². The quantitative estimate of drug-likeness (QED) is 0.704. The second-order valence-corrected chi connectivity index (χ2v) is 8.72. The van der Waals surface area contributed by atoms with E-state index in [1.807, 2.05) is 18.2 Å². The van der Waals surface area contributed by atoms with Gasteiger partial charge in [0, 0.05) is 24.4 Å². The molecule has 2 aliphatic heterocycles. The van der Waals surface area contributed by atoms with E-state index in [0.29, 0.717) is 36.4 Å². The highest BCUT2D eigenvalue weighted by molar-refractivity contribution is 6.08. The molecule has 3 heterocycles. The minimum absolute atomic E-state index is 0.00988. The Hall–Kier alpha value is -3.26. The first-order valence-corrected chi connectivity index (χ1v) is 10.3. The van der Waals surface area contributed by atoms with Crippen LogP contribution in [0.3, 0.4) is 0 Å². The number of rotatable bonds is 3. The molecule has 0 radical (unpaired) electrons. The Balaban J connectivity index is 1.52. The first kappa shape index (κ1) is 19.7. The number of likely N-dealkylation sites (tertiary alicyclic amines) is 1. The highest BCUT2D eigenvalue weighted by atomic mass is 19.1. The van der Waals surface area contributed by atoms with Crippen LogP contribution < -0.4 is 4.90 Å². The van der Waals surface area contributed by atoms with E-state index in [2.05, 4.69) is 5.10 Å². The first-order valence-electron chi connectivity index (χ1n) is 10.3. The normalized spacial score (nSPS) is 21.2. The molecule has 2 fully saturated rings. The molecule has 8 heteroatoms. The van der Waals surface area contributed by atoms with Gasteiger partial charge in [0.25, 0.3) is 5.91 Å². The molecule has 2 atom stereocenters. The van der Waals surface area contributed by atoms with E-state index in [9.17, 15) is 19.1 Å². The lowest BCUT2D eigenvalue weighted by Gasteiger charge is -2.29. The van der Waals surface area contributed by atoms with E-state index in [-0.39, 0.29) is 17.6 Å². The molecule has 0 saturated carbocycles. The van der Waals surface area contributed by atoms with Gasteiger partial charge in [-0.2, -0.15) is 5.10 Å². The number of hydrogen-bond donors (Lipinski definition) is 1. The van der Waals surface area contributed by atoms with E-state index in [4.69, 9.17) is 0 Å². The number of para-hydroxylation sites is 1. The van der Waals surface area contributed by atoms with Crippen molar-refractivity contribution in [3.05, 3.63) is 54.5 Å². The average molecular weight is 422 g/mol. The highest BCUT2D eigenvalue weighted by Crippen LogP contribution is 2.39. The van der Waals surface area contributed by atoms with Crippen molar-refractivity contribution in [2.45, 2.75) is 31.9 Å². The number of benzene rings is 2. The molecular formula is C23H23FN4O3. The number of aliphatic hydroxyl groups is 1. The Morgan fingerprint density at radius 2 is 1.90 bits per heavy atom. The summed E-state index contributed by atoms with van der Waals surface area (Å²) in [5.74, 6) is -0.965. The molecule has 160 valence electrons. The Labute approximate surface area is 178 Å². The van der Waals surface area contributed by atoms with Crippen LogP contribution in [-0.4, -0.2) is 56.3 Å². The van der Waals surface area contributed by atoms with E-state index >= 15 is 0 Å². The molecule has 1 aromatic heterocycles. The lowest BCUT2D eigenvalue weighted by atomic mass is 10.0. The van der Waals surface area contributed by atoms with Gasteiger partial charge >= 0.3 is 0 Å². The fourth-order valence-corrected chi connectivity index (χ4v) is 4.75. The summed E-state index contributed by atoms with van der Waals surface area (Å²) < 4.78 is 15.9. The molecule has 2 aliphatic rings. The summed E-state index contributed by atoms with van der Waals surface area (Å²) >= 11 is 0. The number of hydrogen-bond acceptors (Lipinski definition) is 4. The number of carbonyl (C=O) groups excluding carboxylic acids is 2. The lowest BCUT2D eigenvalue weighted by Crippen LogP contribution is -2.51. The molecule has 2 saturated heterocycles. The maximum atomic E-state index is 14.3. The highest BCUT2D eigenvalue weighted by Gasteiger charge is 2.51. The van der Waals surface area contributed by atoms with Gasteiger partial charge in [-0.1, -0.05) is 18.2 Å². The largest absolute Gasteiger partial charge is 0.381 e. The third-order valence-corrected chi connectivity index (χ3v) is 6.21. The molecule has 2 aromatic carbocycles. The van der Waals surface area contributed by atoms with Crippen LogP contribution in [0.25, 0.3) is 16.6 Å². The first-order chi connectivity index (χ1) is 14.8. The van der Waals surface area contributed by atoms with Gasteiger partial charge < -0.3 is 14.9 Å². The number of aromatic nitrogens is 2. The molecular weight excluding hydrogens is 399 g/mol. The van der Waals surface area contributed by atoms with Crippen molar-refractivity contribution in [1.82, 2.24) is 14.7 Å². The molecule has 7 nitrogen and oxygen atoms in total. The molecule has 0 spiro atoms. The minimum atomic E-state index is -1.52. The third kappa shape index (κ3) is 3.01. The number of halogens is 1. The molecule has 0 aliphatic carbocycles. The fraction of sp³-hybridized carbons (Fsp3) is 0.348. The lowest BCUT2D eigenvalue weighted by molar-refractivity contribution is -0.151. The van der Waals surface area contributed by atoms with Crippen LogP contribution in [0.15, 0.2) is 48.7 Å². The standard InChI is InChI=1S/C23H23FN4O3/c1-23(2,31)22(30)26-11-10-14-13-27(21(29)20(14)26)17-8-5-9-18-15(17)12-25-28(18)19-7-4-3-6-16(19)24/h3-9,12,14,20,31H,10-11,13H2,1-2H3/t14-,20-/m1/s1. The zero-order chi connectivity index (χ0) is 21.9. The number of carbonyl (C=O) groups is 2. The Kier molecular flexibility index (Phi) is 4.37. The molecule has 3 aromatic rings. The SMILES string of the molecule is CC(C)(O)C(=O)N1CC[C@@H]2CN(c3cccc4c3cnn4-c3ccccc3F)C(=O)[C@@H]21. The van der Waals surface area contributed by atoms with Gasteiger partial charge in [-0.15, -0.1) is 0 Å². The summed E-state index contributed by atoms with van der Waals surface area (Å²) in [7, 11) is 0. The van der Waals surface area contributed by atoms with Crippen LogP contribution in [-0.2, 0) is 9.59 Å². The summed E-state index contributed by atoms with van der Waals surface area (Å²) in [5, 5.41) is 15.3. The van der Waals surface area contributed by atoms with Crippen molar-refractivity contribution < 1.29 is 19.1 Å². The second kappa shape index (κ2) is 6.88. The van der Waals surface area contributed by atoms with Gasteiger partial charge in [0.15, 0.2) is 0 Å². The average Bonchev–Trinajstić information content (AvgIpc) is 3.42. The Bertz CT molecular complexity index is 1200. The monoisotopic (exact) mass is 422 g/mol. The van der Waals surface area contributed by atoms with Crippen LogP contribution in [0.2, 0.25) is 0 Å². The topological polar surface area (TPSA) is 78.7 Å². The van der Waals surface area contributed by atoms with Crippen LogP contribution in [0, 0.1) is 11.7 Å². The van der Waals surface area contributed by atoms with Crippen molar-refractivity contribution in [3.63, 3.8) is 0 Å².